The van der Waals surface area contributed by atoms with Crippen LogP contribution in [0.25, 0.3) is 0 Å². The number of carboxylic acid groups (broad SMARTS) is 3. The summed E-state index contributed by atoms with van der Waals surface area (Å²) < 4.78 is 13.9. The summed E-state index contributed by atoms with van der Waals surface area (Å²) in [5, 5.41) is 37.8. The molecule has 0 aliphatic carbocycles. The molecule has 1 heterocycles. The molecular weight excluding hydrogens is 529 g/mol. The lowest BCUT2D eigenvalue weighted by Gasteiger charge is -2.27. The van der Waals surface area contributed by atoms with Gasteiger partial charge in [-0.1, -0.05) is 29.5 Å². The lowest BCUT2D eigenvalue weighted by atomic mass is 10.0. The number of nitrogens with one attached hydrogen (secondary N) is 1. The van der Waals surface area contributed by atoms with E-state index in [0.717, 1.165) is 10.5 Å². The van der Waals surface area contributed by atoms with Gasteiger partial charge in [-0.2, -0.15) is 0 Å². The van der Waals surface area contributed by atoms with Gasteiger partial charge in [0.25, 0.3) is 0 Å². The normalized spacial score (nSPS) is 12.3. The molecular formula is C26H34FN5O8. The summed E-state index contributed by atoms with van der Waals surface area (Å²) in [5.74, 6) is -3.95. The Morgan fingerprint density at radius 1 is 1.00 bits per heavy atom. The Morgan fingerprint density at radius 2 is 1.68 bits per heavy atom. The lowest BCUT2D eigenvalue weighted by Crippen LogP contribution is -2.52. The highest BCUT2D eigenvalue weighted by Crippen LogP contribution is 2.13. The smallest absolute Gasteiger partial charge is 0.326 e. The van der Waals surface area contributed by atoms with Gasteiger partial charge in [-0.15, -0.1) is 5.10 Å². The number of aliphatic carboxylic acids is 3. The first-order valence-electron chi connectivity index (χ1n) is 12.7. The van der Waals surface area contributed by atoms with Crippen molar-refractivity contribution in [2.24, 2.45) is 0 Å². The second-order valence-electron chi connectivity index (χ2n) is 9.34. The van der Waals surface area contributed by atoms with Crippen molar-refractivity contribution in [3.8, 4) is 0 Å². The van der Waals surface area contributed by atoms with Crippen molar-refractivity contribution in [3.63, 3.8) is 0 Å². The molecule has 0 aliphatic heterocycles. The van der Waals surface area contributed by atoms with E-state index in [1.54, 1.807) is 35.1 Å². The molecule has 0 saturated carbocycles. The van der Waals surface area contributed by atoms with E-state index < -0.39 is 49.1 Å². The number of hydrogen-bond donors (Lipinski definition) is 4. The quantitative estimate of drug-likeness (QED) is 0.208. The summed E-state index contributed by atoms with van der Waals surface area (Å²) in [4.78, 5) is 59.7. The molecule has 0 saturated heterocycles. The second-order valence-corrected chi connectivity index (χ2v) is 9.34. The molecule has 0 spiro atoms. The molecule has 0 bridgehead atoms. The largest absolute Gasteiger partial charge is 0.481 e. The number of ketones is 1. The maximum Gasteiger partial charge on any atom is 0.326 e. The summed E-state index contributed by atoms with van der Waals surface area (Å²) in [5.41, 5.74) is 2.03. The number of alkyl halides is 1. The van der Waals surface area contributed by atoms with Gasteiger partial charge in [0.1, 0.15) is 17.9 Å². The summed E-state index contributed by atoms with van der Waals surface area (Å²) in [6.45, 7) is 0.0982. The molecule has 1 aromatic carbocycles. The third kappa shape index (κ3) is 10.8. The molecule has 13 nitrogen and oxygen atoms in total. The maximum atomic E-state index is 12.5. The monoisotopic (exact) mass is 563 g/mol. The standard InChI is InChI=1S/C26H34FN5O8/c1-31(26(40)28-21(24(36)37)10-11-23(34)35)22(25(38)39)15-18-8-6-17(7-9-18)14-20(33)5-3-13-32-16-19(29-30-32)4-2-12-27/h6-9,16,21-22H,2-5,10-15H2,1H3,(H,28,40)(H,34,35)(H,36,37)(H,38,39)/t21-,22-/m0/s1. The lowest BCUT2D eigenvalue weighted by molar-refractivity contribution is -0.142. The second kappa shape index (κ2) is 15.9. The molecule has 2 amide bonds. The van der Waals surface area contributed by atoms with E-state index in [0.29, 0.717) is 43.5 Å². The predicted octanol–water partition coefficient (Wildman–Crippen LogP) is 1.73. The minimum atomic E-state index is -1.49. The molecule has 2 rings (SSSR count). The van der Waals surface area contributed by atoms with Crippen LogP contribution in [0, 0.1) is 0 Å². The fraction of sp³-hybridized carbons (Fsp3) is 0.500. The number of carbonyl (C=O) groups is 5. The van der Waals surface area contributed by atoms with E-state index in [9.17, 15) is 38.6 Å². The van der Waals surface area contributed by atoms with Crippen LogP contribution in [0.2, 0.25) is 0 Å². The average Bonchev–Trinajstić information content (AvgIpc) is 3.35. The Balaban J connectivity index is 1.87. The first kappa shape index (κ1) is 31.9. The molecule has 0 radical (unpaired) electrons. The van der Waals surface area contributed by atoms with Crippen molar-refractivity contribution in [3.05, 3.63) is 47.3 Å². The van der Waals surface area contributed by atoms with Gasteiger partial charge in [0.15, 0.2) is 0 Å². The minimum Gasteiger partial charge on any atom is -0.481 e. The first-order chi connectivity index (χ1) is 19.0. The van der Waals surface area contributed by atoms with Crippen molar-refractivity contribution < 1.29 is 43.7 Å². The Bertz CT molecular complexity index is 1170. The number of hydrogen-bond acceptors (Lipinski definition) is 7. The Labute approximate surface area is 230 Å². The molecule has 0 unspecified atom stereocenters. The van der Waals surface area contributed by atoms with Crippen LogP contribution in [0.3, 0.4) is 0 Å². The molecule has 2 atom stereocenters. The number of Topliss-reactive ketones (excluding diaryl/α,β-unsaturated/α-hetero) is 1. The molecule has 40 heavy (non-hydrogen) atoms. The number of benzene rings is 1. The molecule has 14 heteroatoms. The van der Waals surface area contributed by atoms with Gasteiger partial charge in [-0.3, -0.25) is 18.7 Å². The number of nitrogens with zero attached hydrogens (tertiary/aromatic N) is 4. The highest BCUT2D eigenvalue weighted by atomic mass is 19.1. The van der Waals surface area contributed by atoms with Crippen molar-refractivity contribution in [1.29, 1.82) is 0 Å². The van der Waals surface area contributed by atoms with E-state index in [1.165, 1.54) is 7.05 Å². The van der Waals surface area contributed by atoms with Gasteiger partial charge in [0.05, 0.1) is 12.4 Å². The number of aryl methyl sites for hydroxylation is 2. The van der Waals surface area contributed by atoms with Gasteiger partial charge in [0, 0.05) is 45.5 Å². The van der Waals surface area contributed by atoms with Crippen LogP contribution in [-0.4, -0.2) is 90.7 Å². The van der Waals surface area contributed by atoms with Crippen LogP contribution in [0.15, 0.2) is 30.5 Å². The number of urea groups is 1. The minimum absolute atomic E-state index is 0.0150. The third-order valence-electron chi connectivity index (χ3n) is 6.16. The van der Waals surface area contributed by atoms with Crippen LogP contribution in [-0.2, 0) is 45.0 Å². The van der Waals surface area contributed by atoms with E-state index in [4.69, 9.17) is 5.11 Å². The molecule has 4 N–H and O–H groups in total. The Kier molecular flexibility index (Phi) is 12.7. The van der Waals surface area contributed by atoms with Gasteiger partial charge in [-0.05, 0) is 36.8 Å². The van der Waals surface area contributed by atoms with Crippen molar-refractivity contribution in [1.82, 2.24) is 25.2 Å². The molecule has 1 aromatic heterocycles. The highest BCUT2D eigenvalue weighted by molar-refractivity contribution is 5.86. The van der Waals surface area contributed by atoms with Crippen LogP contribution < -0.4 is 5.32 Å². The number of carbonyl (C=O) groups excluding carboxylic acids is 2. The number of rotatable bonds is 18. The fourth-order valence-electron chi connectivity index (χ4n) is 3.89. The highest BCUT2D eigenvalue weighted by Gasteiger charge is 2.30. The van der Waals surface area contributed by atoms with Gasteiger partial charge in [-0.25, -0.2) is 14.4 Å². The van der Waals surface area contributed by atoms with E-state index in [2.05, 4.69) is 15.6 Å². The summed E-state index contributed by atoms with van der Waals surface area (Å²) in [6.07, 6.45) is 2.82. The number of likely N-dealkylation sites (N-methyl/N-ethyl adjacent to an activating group) is 1. The molecule has 0 fully saturated rings. The Morgan fingerprint density at radius 3 is 2.27 bits per heavy atom. The van der Waals surface area contributed by atoms with Crippen molar-refractivity contribution >= 4 is 29.7 Å². The van der Waals surface area contributed by atoms with Gasteiger partial charge < -0.3 is 25.5 Å². The van der Waals surface area contributed by atoms with Crippen LogP contribution in [0.5, 0.6) is 0 Å². The van der Waals surface area contributed by atoms with Crippen LogP contribution >= 0.6 is 0 Å². The molecule has 0 aliphatic rings. The topological polar surface area (TPSA) is 192 Å². The summed E-state index contributed by atoms with van der Waals surface area (Å²) in [6, 6.07) is 2.95. The SMILES string of the molecule is CN(C(=O)N[C@@H](CCC(=O)O)C(=O)O)[C@@H](Cc1ccc(CC(=O)CCCn2cc(CCCF)nn2)cc1)C(=O)O. The zero-order chi connectivity index (χ0) is 29.7. The zero-order valence-corrected chi connectivity index (χ0v) is 22.2. The van der Waals surface area contributed by atoms with E-state index in [1.807, 2.05) is 0 Å². The summed E-state index contributed by atoms with van der Waals surface area (Å²) in [7, 11) is 1.21. The van der Waals surface area contributed by atoms with Crippen molar-refractivity contribution in [2.45, 2.75) is 70.0 Å². The van der Waals surface area contributed by atoms with Gasteiger partial charge >= 0.3 is 23.9 Å². The first-order valence-corrected chi connectivity index (χ1v) is 12.7. The molecule has 2 aromatic rings. The summed E-state index contributed by atoms with van der Waals surface area (Å²) >= 11 is 0. The maximum absolute atomic E-state index is 12.5. The fourth-order valence-corrected chi connectivity index (χ4v) is 3.89. The van der Waals surface area contributed by atoms with Gasteiger partial charge in [0.2, 0.25) is 0 Å². The average molecular weight is 564 g/mol. The van der Waals surface area contributed by atoms with E-state index in [-0.39, 0.29) is 25.0 Å². The zero-order valence-electron chi connectivity index (χ0n) is 22.2. The Hall–Kier alpha value is -4.36. The van der Waals surface area contributed by atoms with Crippen LogP contribution in [0.1, 0.15) is 48.9 Å². The third-order valence-corrected chi connectivity index (χ3v) is 6.16. The number of carboxylic acids is 3. The predicted molar refractivity (Wildman–Crippen MR) is 138 cm³/mol. The number of halogens is 1. The van der Waals surface area contributed by atoms with Crippen LogP contribution in [0.4, 0.5) is 9.18 Å². The molecule has 218 valence electrons. The van der Waals surface area contributed by atoms with Crippen molar-refractivity contribution in [2.75, 3.05) is 13.7 Å². The number of amides is 2. The van der Waals surface area contributed by atoms with E-state index >= 15 is 0 Å². The number of aromatic nitrogens is 3.